The first kappa shape index (κ1) is 11.9. The SMILES string of the molecule is CN1CCCC(c2nc(C(F)(F)F)cs2)C1. The number of likely N-dealkylation sites (tertiary alicyclic amines) is 1. The van der Waals surface area contributed by atoms with Gasteiger partial charge in [0.25, 0.3) is 0 Å². The quantitative estimate of drug-likeness (QED) is 0.761. The lowest BCUT2D eigenvalue weighted by Crippen LogP contribution is -2.30. The van der Waals surface area contributed by atoms with Crippen molar-refractivity contribution in [1.82, 2.24) is 9.88 Å². The van der Waals surface area contributed by atoms with Crippen molar-refractivity contribution >= 4 is 11.3 Å². The Balaban J connectivity index is 2.12. The van der Waals surface area contributed by atoms with Gasteiger partial charge in [0.2, 0.25) is 0 Å². The van der Waals surface area contributed by atoms with Gasteiger partial charge in [-0.3, -0.25) is 0 Å². The maximum absolute atomic E-state index is 12.4. The number of likely N-dealkylation sites (N-methyl/N-ethyl adjacent to an activating group) is 1. The van der Waals surface area contributed by atoms with Crippen molar-refractivity contribution in [1.29, 1.82) is 0 Å². The van der Waals surface area contributed by atoms with Crippen LogP contribution in [-0.2, 0) is 6.18 Å². The molecule has 0 N–H and O–H groups in total. The Morgan fingerprint density at radius 1 is 1.50 bits per heavy atom. The fourth-order valence-corrected chi connectivity index (χ4v) is 2.93. The van der Waals surface area contributed by atoms with Crippen molar-refractivity contribution in [2.75, 3.05) is 20.1 Å². The van der Waals surface area contributed by atoms with E-state index in [0.717, 1.165) is 42.6 Å². The van der Waals surface area contributed by atoms with Crippen LogP contribution in [0.15, 0.2) is 5.38 Å². The molecule has 1 aromatic rings. The Hall–Kier alpha value is -0.620. The van der Waals surface area contributed by atoms with E-state index in [9.17, 15) is 13.2 Å². The number of hydrogen-bond acceptors (Lipinski definition) is 3. The van der Waals surface area contributed by atoms with Gasteiger partial charge in [-0.25, -0.2) is 4.98 Å². The molecule has 2 rings (SSSR count). The second kappa shape index (κ2) is 4.33. The smallest absolute Gasteiger partial charge is 0.306 e. The standard InChI is InChI=1S/C10H13F3N2S/c1-15-4-2-3-7(5-15)9-14-8(6-16-9)10(11,12)13/h6-7H,2-5H2,1H3. The minimum Gasteiger partial charge on any atom is -0.306 e. The minimum atomic E-state index is -4.31. The van der Waals surface area contributed by atoms with Crippen LogP contribution in [0.5, 0.6) is 0 Å². The van der Waals surface area contributed by atoms with Crippen LogP contribution in [0.25, 0.3) is 0 Å². The fraction of sp³-hybridized carbons (Fsp3) is 0.700. The summed E-state index contributed by atoms with van der Waals surface area (Å²) < 4.78 is 37.1. The van der Waals surface area contributed by atoms with Gasteiger partial charge in [-0.2, -0.15) is 13.2 Å². The van der Waals surface area contributed by atoms with Crippen molar-refractivity contribution in [3.05, 3.63) is 16.1 Å². The molecule has 2 heterocycles. The summed E-state index contributed by atoms with van der Waals surface area (Å²) >= 11 is 1.13. The number of aromatic nitrogens is 1. The van der Waals surface area contributed by atoms with E-state index in [1.165, 1.54) is 0 Å². The Labute approximate surface area is 96.1 Å². The maximum atomic E-state index is 12.4. The lowest BCUT2D eigenvalue weighted by Gasteiger charge is -2.28. The first-order valence-electron chi connectivity index (χ1n) is 5.18. The largest absolute Gasteiger partial charge is 0.434 e. The van der Waals surface area contributed by atoms with E-state index >= 15 is 0 Å². The second-order valence-electron chi connectivity index (χ2n) is 4.17. The Bertz CT molecular complexity index is 361. The number of alkyl halides is 3. The van der Waals surface area contributed by atoms with Crippen LogP contribution in [0.2, 0.25) is 0 Å². The van der Waals surface area contributed by atoms with Gasteiger partial charge in [-0.15, -0.1) is 11.3 Å². The first-order chi connectivity index (χ1) is 7.47. The zero-order valence-electron chi connectivity index (χ0n) is 8.92. The molecule has 1 aliphatic rings. The second-order valence-corrected chi connectivity index (χ2v) is 5.06. The van der Waals surface area contributed by atoms with Gasteiger partial charge in [-0.05, 0) is 26.4 Å². The molecule has 0 aliphatic carbocycles. The Morgan fingerprint density at radius 3 is 2.81 bits per heavy atom. The number of halogens is 3. The zero-order chi connectivity index (χ0) is 11.8. The normalized spacial score (nSPS) is 23.6. The van der Waals surface area contributed by atoms with Crippen molar-refractivity contribution in [2.45, 2.75) is 24.9 Å². The average Bonchev–Trinajstić information content (AvgIpc) is 2.65. The van der Waals surface area contributed by atoms with E-state index in [-0.39, 0.29) is 5.92 Å². The molecule has 1 atom stereocenters. The summed E-state index contributed by atoms with van der Waals surface area (Å²) in [6, 6.07) is 0. The van der Waals surface area contributed by atoms with E-state index in [4.69, 9.17) is 0 Å². The summed E-state index contributed by atoms with van der Waals surface area (Å²) in [7, 11) is 1.99. The highest BCUT2D eigenvalue weighted by molar-refractivity contribution is 7.09. The van der Waals surface area contributed by atoms with Crippen LogP contribution < -0.4 is 0 Å². The number of nitrogens with zero attached hydrogens (tertiary/aromatic N) is 2. The molecule has 2 nitrogen and oxygen atoms in total. The molecule has 0 spiro atoms. The summed E-state index contributed by atoms with van der Waals surface area (Å²) in [5.74, 6) is 0.167. The summed E-state index contributed by atoms with van der Waals surface area (Å²) in [6.45, 7) is 1.83. The molecule has 0 bridgehead atoms. The van der Waals surface area contributed by atoms with Crippen LogP contribution in [0, 0.1) is 0 Å². The lowest BCUT2D eigenvalue weighted by atomic mass is 9.99. The highest BCUT2D eigenvalue weighted by Gasteiger charge is 2.34. The molecule has 0 saturated carbocycles. The van der Waals surface area contributed by atoms with Gasteiger partial charge in [0.15, 0.2) is 5.69 Å². The highest BCUT2D eigenvalue weighted by atomic mass is 32.1. The van der Waals surface area contributed by atoms with Crippen molar-refractivity contribution in [2.24, 2.45) is 0 Å². The lowest BCUT2D eigenvalue weighted by molar-refractivity contribution is -0.140. The molecule has 1 saturated heterocycles. The van der Waals surface area contributed by atoms with Gasteiger partial charge < -0.3 is 4.90 Å². The topological polar surface area (TPSA) is 16.1 Å². The predicted molar refractivity (Wildman–Crippen MR) is 56.6 cm³/mol. The van der Waals surface area contributed by atoms with Crippen LogP contribution in [0.3, 0.4) is 0 Å². The van der Waals surface area contributed by atoms with Crippen molar-refractivity contribution < 1.29 is 13.2 Å². The fourth-order valence-electron chi connectivity index (χ4n) is 1.97. The van der Waals surface area contributed by atoms with E-state index in [1.54, 1.807) is 0 Å². The third-order valence-corrected chi connectivity index (χ3v) is 3.79. The third kappa shape index (κ3) is 2.55. The molecule has 1 fully saturated rings. The van der Waals surface area contributed by atoms with Gasteiger partial charge in [-0.1, -0.05) is 0 Å². The number of thiazole rings is 1. The zero-order valence-corrected chi connectivity index (χ0v) is 9.74. The molecule has 1 aromatic heterocycles. The summed E-state index contributed by atoms with van der Waals surface area (Å²) in [6.07, 6.45) is -2.34. The molecule has 6 heteroatoms. The molecule has 16 heavy (non-hydrogen) atoms. The molecule has 0 radical (unpaired) electrons. The number of hydrogen-bond donors (Lipinski definition) is 0. The van der Waals surface area contributed by atoms with E-state index in [1.807, 2.05) is 7.05 Å². The molecule has 0 aromatic carbocycles. The highest BCUT2D eigenvalue weighted by Crippen LogP contribution is 2.34. The summed E-state index contributed by atoms with van der Waals surface area (Å²) in [4.78, 5) is 5.85. The van der Waals surface area contributed by atoms with Gasteiger partial charge >= 0.3 is 6.18 Å². The molecular weight excluding hydrogens is 237 g/mol. The molecule has 0 amide bonds. The molecule has 1 aliphatic heterocycles. The van der Waals surface area contributed by atoms with Gasteiger partial charge in [0.05, 0.1) is 5.01 Å². The minimum absolute atomic E-state index is 0.167. The molecule has 90 valence electrons. The van der Waals surface area contributed by atoms with E-state index in [2.05, 4.69) is 9.88 Å². The van der Waals surface area contributed by atoms with Crippen LogP contribution in [-0.4, -0.2) is 30.0 Å². The maximum Gasteiger partial charge on any atom is 0.434 e. The van der Waals surface area contributed by atoms with Gasteiger partial charge in [0, 0.05) is 17.8 Å². The predicted octanol–water partition coefficient (Wildman–Crippen LogP) is 2.97. The Kier molecular flexibility index (Phi) is 3.21. The Morgan fingerprint density at radius 2 is 2.25 bits per heavy atom. The number of rotatable bonds is 1. The van der Waals surface area contributed by atoms with Gasteiger partial charge in [0.1, 0.15) is 0 Å². The molecule has 1 unspecified atom stereocenters. The summed E-state index contributed by atoms with van der Waals surface area (Å²) in [5, 5.41) is 1.74. The monoisotopic (exact) mass is 250 g/mol. The van der Waals surface area contributed by atoms with E-state index in [0.29, 0.717) is 5.01 Å². The van der Waals surface area contributed by atoms with Crippen LogP contribution in [0.1, 0.15) is 29.5 Å². The van der Waals surface area contributed by atoms with E-state index < -0.39 is 11.9 Å². The first-order valence-corrected chi connectivity index (χ1v) is 6.06. The van der Waals surface area contributed by atoms with Crippen molar-refractivity contribution in [3.63, 3.8) is 0 Å². The average molecular weight is 250 g/mol. The summed E-state index contributed by atoms with van der Waals surface area (Å²) in [5.41, 5.74) is -0.749. The third-order valence-electron chi connectivity index (χ3n) is 2.79. The molecular formula is C10H13F3N2S. The number of piperidine rings is 1. The van der Waals surface area contributed by atoms with Crippen molar-refractivity contribution in [3.8, 4) is 0 Å². The van der Waals surface area contributed by atoms with Crippen LogP contribution in [0.4, 0.5) is 13.2 Å². The van der Waals surface area contributed by atoms with Crippen LogP contribution >= 0.6 is 11.3 Å².